The Morgan fingerprint density at radius 3 is 2.39 bits per heavy atom. The van der Waals surface area contributed by atoms with E-state index in [0.29, 0.717) is 5.92 Å². The van der Waals surface area contributed by atoms with E-state index in [1.165, 1.54) is 0 Å². The molecule has 1 atom stereocenters. The average Bonchev–Trinajstić information content (AvgIpc) is 2.35. The van der Waals surface area contributed by atoms with E-state index >= 15 is 0 Å². The fourth-order valence-electron chi connectivity index (χ4n) is 1.66. The Morgan fingerprint density at radius 1 is 1.33 bits per heavy atom. The van der Waals surface area contributed by atoms with Gasteiger partial charge in [-0.25, -0.2) is 0 Å². The first-order valence-corrected chi connectivity index (χ1v) is 6.52. The zero-order valence-electron chi connectivity index (χ0n) is 11.8. The molecule has 100 valence electrons. The number of nitrogens with one attached hydrogen (secondary N) is 1. The van der Waals surface area contributed by atoms with Gasteiger partial charge in [-0.3, -0.25) is 4.79 Å². The lowest BCUT2D eigenvalue weighted by Gasteiger charge is -2.25. The Morgan fingerprint density at radius 2 is 1.89 bits per heavy atom. The summed E-state index contributed by atoms with van der Waals surface area (Å²) in [6.45, 7) is 8.86. The van der Waals surface area contributed by atoms with Crippen molar-refractivity contribution in [3.05, 3.63) is 29.8 Å². The second-order valence-electron chi connectivity index (χ2n) is 5.47. The summed E-state index contributed by atoms with van der Waals surface area (Å²) in [7, 11) is 0. The van der Waals surface area contributed by atoms with Gasteiger partial charge in [-0.2, -0.15) is 0 Å². The van der Waals surface area contributed by atoms with Gasteiger partial charge in [0.1, 0.15) is 0 Å². The van der Waals surface area contributed by atoms with Crippen molar-refractivity contribution in [2.24, 2.45) is 5.92 Å². The number of nitrogens with two attached hydrogens (primary N) is 1. The van der Waals surface area contributed by atoms with Crippen molar-refractivity contribution in [2.45, 2.75) is 39.5 Å². The molecule has 1 unspecified atom stereocenters. The van der Waals surface area contributed by atoms with Crippen LogP contribution in [-0.4, -0.2) is 12.5 Å². The van der Waals surface area contributed by atoms with Crippen molar-refractivity contribution in [2.75, 3.05) is 12.3 Å². The molecule has 3 N–H and O–H groups in total. The van der Waals surface area contributed by atoms with Crippen LogP contribution in [0, 0.1) is 5.92 Å². The molecule has 1 aromatic rings. The van der Waals surface area contributed by atoms with E-state index in [2.05, 4.69) is 19.2 Å². The van der Waals surface area contributed by atoms with Gasteiger partial charge in [0, 0.05) is 12.2 Å². The predicted molar refractivity (Wildman–Crippen MR) is 76.3 cm³/mol. The summed E-state index contributed by atoms with van der Waals surface area (Å²) in [5.41, 5.74) is 6.84. The summed E-state index contributed by atoms with van der Waals surface area (Å²) in [4.78, 5) is 12.2. The highest BCUT2D eigenvalue weighted by Crippen LogP contribution is 2.24. The molecular weight excluding hydrogens is 224 g/mol. The van der Waals surface area contributed by atoms with Gasteiger partial charge in [-0.05, 0) is 37.5 Å². The first kappa shape index (κ1) is 14.6. The molecule has 3 nitrogen and oxygen atoms in total. The minimum atomic E-state index is -0.527. The Labute approximate surface area is 110 Å². The van der Waals surface area contributed by atoms with Crippen LogP contribution in [0.2, 0.25) is 0 Å². The van der Waals surface area contributed by atoms with E-state index in [0.717, 1.165) is 24.2 Å². The Hall–Kier alpha value is -1.51. The Bertz CT molecular complexity index is 395. The third-order valence-corrected chi connectivity index (χ3v) is 3.51. The van der Waals surface area contributed by atoms with Gasteiger partial charge in [0.25, 0.3) is 0 Å². The maximum atomic E-state index is 12.2. The van der Waals surface area contributed by atoms with Crippen molar-refractivity contribution in [1.82, 2.24) is 5.32 Å². The van der Waals surface area contributed by atoms with Gasteiger partial charge >= 0.3 is 0 Å². The van der Waals surface area contributed by atoms with Gasteiger partial charge in [0.05, 0.1) is 5.41 Å². The van der Waals surface area contributed by atoms with E-state index in [1.807, 2.05) is 38.1 Å². The molecule has 0 fully saturated rings. The average molecular weight is 248 g/mol. The Kier molecular flexibility index (Phi) is 4.76. The van der Waals surface area contributed by atoms with Crippen LogP contribution in [0.15, 0.2) is 24.3 Å². The zero-order valence-corrected chi connectivity index (χ0v) is 11.8. The van der Waals surface area contributed by atoms with E-state index in [4.69, 9.17) is 5.73 Å². The fraction of sp³-hybridized carbons (Fsp3) is 0.533. The molecule has 0 aliphatic carbocycles. The third kappa shape index (κ3) is 3.49. The molecule has 0 aliphatic rings. The lowest BCUT2D eigenvalue weighted by Crippen LogP contribution is -2.41. The number of anilines is 1. The summed E-state index contributed by atoms with van der Waals surface area (Å²) in [5.74, 6) is 0.573. The summed E-state index contributed by atoms with van der Waals surface area (Å²) in [6, 6.07) is 7.49. The van der Waals surface area contributed by atoms with Crippen molar-refractivity contribution in [3.8, 4) is 0 Å². The number of carbonyl (C=O) groups excluding carboxylic acids is 1. The fourth-order valence-corrected chi connectivity index (χ4v) is 1.66. The molecule has 18 heavy (non-hydrogen) atoms. The summed E-state index contributed by atoms with van der Waals surface area (Å²) in [6.07, 6.45) is 1.07. The molecule has 1 aromatic carbocycles. The minimum absolute atomic E-state index is 0.0626. The van der Waals surface area contributed by atoms with Crippen LogP contribution in [0.4, 0.5) is 5.69 Å². The normalized spacial score (nSPS) is 13.1. The zero-order chi connectivity index (χ0) is 13.8. The Balaban J connectivity index is 2.73. The van der Waals surface area contributed by atoms with Gasteiger partial charge < -0.3 is 11.1 Å². The molecule has 0 aliphatic heterocycles. The van der Waals surface area contributed by atoms with Crippen LogP contribution in [0.25, 0.3) is 0 Å². The molecule has 0 radical (unpaired) electrons. The second kappa shape index (κ2) is 5.89. The highest BCUT2D eigenvalue weighted by molar-refractivity contribution is 5.87. The minimum Gasteiger partial charge on any atom is -0.399 e. The van der Waals surface area contributed by atoms with E-state index in [1.54, 1.807) is 0 Å². The molecule has 0 heterocycles. The van der Waals surface area contributed by atoms with E-state index in [-0.39, 0.29) is 5.91 Å². The lowest BCUT2D eigenvalue weighted by atomic mass is 9.83. The third-order valence-electron chi connectivity index (χ3n) is 3.51. The van der Waals surface area contributed by atoms with Crippen LogP contribution in [0.1, 0.15) is 39.7 Å². The topological polar surface area (TPSA) is 55.1 Å². The van der Waals surface area contributed by atoms with Gasteiger partial charge in [-0.1, -0.05) is 32.4 Å². The molecular formula is C15H24N2O. The molecule has 0 spiro atoms. The number of carbonyl (C=O) groups is 1. The summed E-state index contributed by atoms with van der Waals surface area (Å²) >= 11 is 0. The molecule has 1 rings (SSSR count). The van der Waals surface area contributed by atoms with E-state index in [9.17, 15) is 4.79 Å². The van der Waals surface area contributed by atoms with E-state index < -0.39 is 5.41 Å². The monoisotopic (exact) mass is 248 g/mol. The number of hydrogen-bond acceptors (Lipinski definition) is 2. The maximum Gasteiger partial charge on any atom is 0.230 e. The van der Waals surface area contributed by atoms with Gasteiger partial charge in [0.15, 0.2) is 0 Å². The predicted octanol–water partition coefficient (Wildman–Crippen LogP) is 2.71. The van der Waals surface area contributed by atoms with Gasteiger partial charge in [0.2, 0.25) is 5.91 Å². The number of nitrogen functional groups attached to an aromatic ring is 1. The maximum absolute atomic E-state index is 12.2. The van der Waals surface area contributed by atoms with Crippen molar-refractivity contribution >= 4 is 11.6 Å². The van der Waals surface area contributed by atoms with Crippen molar-refractivity contribution in [3.63, 3.8) is 0 Å². The van der Waals surface area contributed by atoms with Crippen LogP contribution in [0.5, 0.6) is 0 Å². The highest BCUT2D eigenvalue weighted by Gasteiger charge is 2.29. The number of amides is 1. The van der Waals surface area contributed by atoms with Crippen LogP contribution in [-0.2, 0) is 10.2 Å². The number of benzene rings is 1. The van der Waals surface area contributed by atoms with Crippen LogP contribution >= 0.6 is 0 Å². The largest absolute Gasteiger partial charge is 0.399 e. The lowest BCUT2D eigenvalue weighted by molar-refractivity contribution is -0.125. The standard InChI is InChI=1S/C15H24N2O/c1-5-11(2)10-17-14(18)15(3,4)12-6-8-13(16)9-7-12/h6-9,11H,5,10,16H2,1-4H3,(H,17,18). The van der Waals surface area contributed by atoms with Crippen molar-refractivity contribution < 1.29 is 4.79 Å². The molecule has 1 amide bonds. The first-order chi connectivity index (χ1) is 8.37. The molecule has 0 saturated carbocycles. The quantitative estimate of drug-likeness (QED) is 0.787. The first-order valence-electron chi connectivity index (χ1n) is 6.52. The van der Waals surface area contributed by atoms with Crippen molar-refractivity contribution in [1.29, 1.82) is 0 Å². The molecule has 3 heteroatoms. The summed E-state index contributed by atoms with van der Waals surface area (Å²) < 4.78 is 0. The van der Waals surface area contributed by atoms with Gasteiger partial charge in [-0.15, -0.1) is 0 Å². The molecule has 0 saturated heterocycles. The second-order valence-corrected chi connectivity index (χ2v) is 5.47. The number of rotatable bonds is 5. The van der Waals surface area contributed by atoms with Crippen LogP contribution < -0.4 is 11.1 Å². The smallest absolute Gasteiger partial charge is 0.230 e. The highest BCUT2D eigenvalue weighted by atomic mass is 16.2. The molecule has 0 aromatic heterocycles. The SMILES string of the molecule is CCC(C)CNC(=O)C(C)(C)c1ccc(N)cc1. The molecule has 0 bridgehead atoms. The van der Waals surface area contributed by atoms with Crippen LogP contribution in [0.3, 0.4) is 0 Å². The summed E-state index contributed by atoms with van der Waals surface area (Å²) in [5, 5.41) is 3.02. The number of hydrogen-bond donors (Lipinski definition) is 2.